The third-order valence-electron chi connectivity index (χ3n) is 2.42. The maximum Gasteiger partial charge on any atom is 0.315 e. The van der Waals surface area contributed by atoms with Gasteiger partial charge in [-0.2, -0.15) is 23.7 Å². The van der Waals surface area contributed by atoms with Gasteiger partial charge in [0.2, 0.25) is 5.95 Å². The van der Waals surface area contributed by atoms with Gasteiger partial charge >= 0.3 is 12.2 Å². The fourth-order valence-electron chi connectivity index (χ4n) is 1.47. The fraction of sp³-hybridized carbons (Fsp3) is 0.727. The summed E-state index contributed by atoms with van der Waals surface area (Å²) in [4.78, 5) is 11.8. The van der Waals surface area contributed by atoms with Crippen LogP contribution in [0.5, 0.6) is 0 Å². The molecular weight excluding hydrogens is 226 g/mol. The quantitative estimate of drug-likeness (QED) is 0.739. The average molecular weight is 244 g/mol. The molecule has 0 aliphatic carbocycles. The molecule has 96 valence electrons. The standard InChI is InChI=1S/C11H18F2N4/c1-3-5-7-17(8-6-4-2)11-15-9(12)14-10(13)16-11/h3-8H2,1-2H3. The van der Waals surface area contributed by atoms with E-state index in [0.29, 0.717) is 13.1 Å². The highest BCUT2D eigenvalue weighted by Crippen LogP contribution is 2.10. The Bertz CT molecular complexity index is 318. The molecule has 0 N–H and O–H groups in total. The Balaban J connectivity index is 2.78. The van der Waals surface area contributed by atoms with E-state index in [1.165, 1.54) is 0 Å². The third kappa shape index (κ3) is 4.58. The van der Waals surface area contributed by atoms with E-state index in [1.807, 2.05) is 0 Å². The molecule has 0 aliphatic rings. The Hall–Kier alpha value is -1.33. The van der Waals surface area contributed by atoms with E-state index in [-0.39, 0.29) is 5.95 Å². The predicted octanol–water partition coefficient (Wildman–Crippen LogP) is 2.56. The van der Waals surface area contributed by atoms with Gasteiger partial charge in [0.05, 0.1) is 0 Å². The Morgan fingerprint density at radius 3 is 1.76 bits per heavy atom. The first-order valence-corrected chi connectivity index (χ1v) is 5.99. The average Bonchev–Trinajstić information content (AvgIpc) is 2.28. The number of anilines is 1. The molecule has 0 fully saturated rings. The van der Waals surface area contributed by atoms with E-state index in [0.717, 1.165) is 25.7 Å². The number of rotatable bonds is 7. The molecule has 1 aromatic rings. The van der Waals surface area contributed by atoms with Gasteiger partial charge in [0, 0.05) is 13.1 Å². The summed E-state index contributed by atoms with van der Waals surface area (Å²) in [5, 5.41) is 0. The van der Waals surface area contributed by atoms with Crippen LogP contribution in [0.25, 0.3) is 0 Å². The smallest absolute Gasteiger partial charge is 0.315 e. The highest BCUT2D eigenvalue weighted by Gasteiger charge is 2.12. The Morgan fingerprint density at radius 1 is 0.882 bits per heavy atom. The minimum absolute atomic E-state index is 0.0944. The highest BCUT2D eigenvalue weighted by atomic mass is 19.1. The number of unbranched alkanes of at least 4 members (excludes halogenated alkanes) is 2. The van der Waals surface area contributed by atoms with Crippen molar-refractivity contribution >= 4 is 5.95 Å². The molecule has 1 aromatic heterocycles. The second kappa shape index (κ2) is 7.09. The minimum Gasteiger partial charge on any atom is -0.341 e. The summed E-state index contributed by atoms with van der Waals surface area (Å²) in [5.41, 5.74) is 0. The molecule has 0 bridgehead atoms. The van der Waals surface area contributed by atoms with Gasteiger partial charge in [-0.1, -0.05) is 26.7 Å². The number of halogens is 2. The summed E-state index contributed by atoms with van der Waals surface area (Å²) in [7, 11) is 0. The molecular formula is C11H18F2N4. The van der Waals surface area contributed by atoms with E-state index in [4.69, 9.17) is 0 Å². The van der Waals surface area contributed by atoms with Crippen LogP contribution in [0.2, 0.25) is 0 Å². The summed E-state index contributed by atoms with van der Waals surface area (Å²) in [6.45, 7) is 5.54. The molecule has 0 saturated carbocycles. The zero-order chi connectivity index (χ0) is 12.7. The van der Waals surface area contributed by atoms with Gasteiger partial charge in [-0.15, -0.1) is 0 Å². The summed E-state index contributed by atoms with van der Waals surface area (Å²) in [6, 6.07) is 0. The van der Waals surface area contributed by atoms with Gasteiger partial charge < -0.3 is 4.90 Å². The molecule has 4 nitrogen and oxygen atoms in total. The van der Waals surface area contributed by atoms with E-state index in [2.05, 4.69) is 28.8 Å². The maximum absolute atomic E-state index is 12.9. The summed E-state index contributed by atoms with van der Waals surface area (Å²) >= 11 is 0. The van der Waals surface area contributed by atoms with Crippen molar-refractivity contribution in [3.05, 3.63) is 12.2 Å². The van der Waals surface area contributed by atoms with E-state index < -0.39 is 12.2 Å². The zero-order valence-corrected chi connectivity index (χ0v) is 10.3. The third-order valence-corrected chi connectivity index (χ3v) is 2.42. The van der Waals surface area contributed by atoms with Gasteiger partial charge in [0.1, 0.15) is 0 Å². The number of nitrogens with zero attached hydrogens (tertiary/aromatic N) is 4. The molecule has 0 saturated heterocycles. The molecule has 0 amide bonds. The van der Waals surface area contributed by atoms with E-state index in [1.54, 1.807) is 4.90 Å². The SMILES string of the molecule is CCCCN(CCCC)c1nc(F)nc(F)n1. The van der Waals surface area contributed by atoms with Crippen molar-refractivity contribution in [2.24, 2.45) is 0 Å². The molecule has 0 aromatic carbocycles. The van der Waals surface area contributed by atoms with Crippen molar-refractivity contribution in [2.45, 2.75) is 39.5 Å². The lowest BCUT2D eigenvalue weighted by atomic mass is 10.3. The summed E-state index contributed by atoms with van der Waals surface area (Å²) in [5.74, 6) is 0.0944. The van der Waals surface area contributed by atoms with Gasteiger partial charge in [0.25, 0.3) is 0 Å². The topological polar surface area (TPSA) is 41.9 Å². The van der Waals surface area contributed by atoms with Crippen molar-refractivity contribution < 1.29 is 8.78 Å². The van der Waals surface area contributed by atoms with Gasteiger partial charge in [-0.3, -0.25) is 0 Å². The lowest BCUT2D eigenvalue weighted by Crippen LogP contribution is -2.28. The molecule has 0 aliphatic heterocycles. The van der Waals surface area contributed by atoms with Crippen molar-refractivity contribution in [3.63, 3.8) is 0 Å². The van der Waals surface area contributed by atoms with Crippen LogP contribution in [0.3, 0.4) is 0 Å². The van der Waals surface area contributed by atoms with E-state index in [9.17, 15) is 8.78 Å². The predicted molar refractivity (Wildman–Crippen MR) is 61.8 cm³/mol. The number of hydrogen-bond acceptors (Lipinski definition) is 4. The monoisotopic (exact) mass is 244 g/mol. The van der Waals surface area contributed by atoms with Gasteiger partial charge in [-0.25, -0.2) is 0 Å². The molecule has 1 rings (SSSR count). The fourth-order valence-corrected chi connectivity index (χ4v) is 1.47. The Kier molecular flexibility index (Phi) is 5.72. The lowest BCUT2D eigenvalue weighted by molar-refractivity contribution is 0.451. The van der Waals surface area contributed by atoms with Crippen LogP contribution < -0.4 is 4.90 Å². The molecule has 17 heavy (non-hydrogen) atoms. The van der Waals surface area contributed by atoms with Crippen LogP contribution in [-0.4, -0.2) is 28.0 Å². The largest absolute Gasteiger partial charge is 0.341 e. The second-order valence-electron chi connectivity index (χ2n) is 3.87. The molecule has 0 unspecified atom stereocenters. The lowest BCUT2D eigenvalue weighted by Gasteiger charge is -2.21. The number of hydrogen-bond donors (Lipinski definition) is 0. The summed E-state index contributed by atoms with van der Waals surface area (Å²) in [6.07, 6.45) is 1.78. The van der Waals surface area contributed by atoms with Crippen LogP contribution in [-0.2, 0) is 0 Å². The first kappa shape index (κ1) is 13.7. The van der Waals surface area contributed by atoms with Gasteiger partial charge in [-0.05, 0) is 12.8 Å². The molecule has 1 heterocycles. The number of aromatic nitrogens is 3. The molecule has 0 atom stereocenters. The van der Waals surface area contributed by atoms with Crippen LogP contribution in [0, 0.1) is 12.2 Å². The van der Waals surface area contributed by atoms with Crippen LogP contribution in [0.15, 0.2) is 0 Å². The second-order valence-corrected chi connectivity index (χ2v) is 3.87. The zero-order valence-electron chi connectivity index (χ0n) is 10.3. The Morgan fingerprint density at radius 2 is 1.35 bits per heavy atom. The van der Waals surface area contributed by atoms with Crippen molar-refractivity contribution in [2.75, 3.05) is 18.0 Å². The van der Waals surface area contributed by atoms with Crippen LogP contribution >= 0.6 is 0 Å². The van der Waals surface area contributed by atoms with Crippen LogP contribution in [0.1, 0.15) is 39.5 Å². The summed E-state index contributed by atoms with van der Waals surface area (Å²) < 4.78 is 25.8. The normalized spacial score (nSPS) is 10.6. The Labute approximate surface area is 100 Å². The molecule has 0 radical (unpaired) electrons. The highest BCUT2D eigenvalue weighted by molar-refractivity contribution is 5.27. The van der Waals surface area contributed by atoms with Gasteiger partial charge in [0.15, 0.2) is 0 Å². The van der Waals surface area contributed by atoms with Crippen molar-refractivity contribution in [1.82, 2.24) is 15.0 Å². The first-order chi connectivity index (χ1) is 8.17. The maximum atomic E-state index is 12.9. The van der Waals surface area contributed by atoms with Crippen LogP contribution in [0.4, 0.5) is 14.7 Å². The first-order valence-electron chi connectivity index (χ1n) is 5.99. The van der Waals surface area contributed by atoms with Crippen molar-refractivity contribution in [3.8, 4) is 0 Å². The van der Waals surface area contributed by atoms with Crippen molar-refractivity contribution in [1.29, 1.82) is 0 Å². The molecule has 0 spiro atoms. The van der Waals surface area contributed by atoms with E-state index >= 15 is 0 Å². The minimum atomic E-state index is -1.06. The molecule has 6 heteroatoms.